The third-order valence-corrected chi connectivity index (χ3v) is 10.1. The Morgan fingerprint density at radius 2 is 1.05 bits per heavy atom. The number of carbonyl (C=O) groups is 7. The molecule has 59 heavy (non-hydrogen) atoms. The van der Waals surface area contributed by atoms with Crippen LogP contribution in [0.2, 0.25) is 0 Å². The molecule has 8 atom stereocenters. The van der Waals surface area contributed by atoms with E-state index in [-0.39, 0.29) is 36.5 Å². The SMILES string of the molecule is CC[C@H](C)[C@H](NC(=O)[C@H](Cc1ccccc1)N[C@H](O)CC(=O)[C@H](Cc1ccccc1)NC(=O)[C@@H](NC(=O)[C@H](CC(C)C)NC(C)=O)C(C)C)C(=O)N[C@H](C(N)=O)C(C)C. The number of carbonyl (C=O) groups excluding carboxylic acids is 7. The highest BCUT2D eigenvalue weighted by molar-refractivity contribution is 5.95. The Hall–Kier alpha value is -5.15. The summed E-state index contributed by atoms with van der Waals surface area (Å²) >= 11 is 0. The van der Waals surface area contributed by atoms with Gasteiger partial charge in [-0.15, -0.1) is 0 Å². The van der Waals surface area contributed by atoms with Crippen LogP contribution in [-0.2, 0) is 46.4 Å². The number of benzene rings is 2. The fraction of sp³-hybridized carbons (Fsp3) is 0.568. The van der Waals surface area contributed by atoms with E-state index >= 15 is 0 Å². The molecule has 0 aliphatic heterocycles. The molecule has 0 aliphatic rings. The second-order valence-corrected chi connectivity index (χ2v) is 16.5. The van der Waals surface area contributed by atoms with Crippen molar-refractivity contribution in [1.82, 2.24) is 31.9 Å². The topological polar surface area (TPSA) is 238 Å². The lowest BCUT2D eigenvalue weighted by Crippen LogP contribution is -2.60. The molecule has 6 amide bonds. The Balaban J connectivity index is 2.37. The molecule has 2 aromatic rings. The number of primary amides is 1. The van der Waals surface area contributed by atoms with Crippen LogP contribution in [0.25, 0.3) is 0 Å². The van der Waals surface area contributed by atoms with Crippen LogP contribution >= 0.6 is 0 Å². The van der Waals surface area contributed by atoms with Crippen molar-refractivity contribution >= 4 is 41.2 Å². The predicted molar refractivity (Wildman–Crippen MR) is 226 cm³/mol. The van der Waals surface area contributed by atoms with Gasteiger partial charge in [-0.1, -0.05) is 122 Å². The Morgan fingerprint density at radius 1 is 0.593 bits per heavy atom. The van der Waals surface area contributed by atoms with Gasteiger partial charge in [-0.05, 0) is 54.1 Å². The first-order valence-corrected chi connectivity index (χ1v) is 20.6. The minimum absolute atomic E-state index is 0.0705. The van der Waals surface area contributed by atoms with E-state index in [2.05, 4.69) is 31.9 Å². The second kappa shape index (κ2) is 24.7. The van der Waals surface area contributed by atoms with Crippen LogP contribution in [-0.4, -0.2) is 88.8 Å². The second-order valence-electron chi connectivity index (χ2n) is 16.5. The van der Waals surface area contributed by atoms with Crippen LogP contribution in [0.4, 0.5) is 0 Å². The minimum Gasteiger partial charge on any atom is -0.378 e. The first kappa shape index (κ1) is 50.0. The van der Waals surface area contributed by atoms with Gasteiger partial charge in [0.1, 0.15) is 30.4 Å². The summed E-state index contributed by atoms with van der Waals surface area (Å²) in [6, 6.07) is 11.8. The predicted octanol–water partition coefficient (Wildman–Crippen LogP) is 2.04. The molecule has 0 saturated heterocycles. The van der Waals surface area contributed by atoms with E-state index in [9.17, 15) is 38.7 Å². The average Bonchev–Trinajstić information content (AvgIpc) is 3.16. The summed E-state index contributed by atoms with van der Waals surface area (Å²) in [5, 5.41) is 27.9. The molecule has 0 aromatic heterocycles. The zero-order valence-corrected chi connectivity index (χ0v) is 36.0. The maximum Gasteiger partial charge on any atom is 0.243 e. The van der Waals surface area contributed by atoms with E-state index in [1.165, 1.54) is 6.92 Å². The lowest BCUT2D eigenvalue weighted by molar-refractivity contribution is -0.135. The Labute approximate surface area is 349 Å². The average molecular weight is 822 g/mol. The molecule has 15 nitrogen and oxygen atoms in total. The number of Topliss-reactive ketones (excluding diaryl/α,β-unsaturated/α-hetero) is 1. The fourth-order valence-electron chi connectivity index (χ4n) is 6.56. The lowest BCUT2D eigenvalue weighted by Gasteiger charge is -2.30. The minimum atomic E-state index is -1.57. The zero-order chi connectivity index (χ0) is 44.4. The molecule has 15 heteroatoms. The molecule has 0 saturated carbocycles. The summed E-state index contributed by atoms with van der Waals surface area (Å²) in [6.45, 7) is 15.7. The van der Waals surface area contributed by atoms with Gasteiger partial charge in [0.25, 0.3) is 0 Å². The van der Waals surface area contributed by atoms with Gasteiger partial charge < -0.3 is 37.4 Å². The van der Waals surface area contributed by atoms with Crippen LogP contribution < -0.4 is 37.6 Å². The van der Waals surface area contributed by atoms with E-state index in [1.54, 1.807) is 83.1 Å². The normalized spacial score (nSPS) is 15.5. The molecule has 0 bridgehead atoms. The molecule has 0 spiro atoms. The lowest BCUT2D eigenvalue weighted by atomic mass is 9.95. The Bertz CT molecular complexity index is 1690. The number of nitrogens with two attached hydrogens (primary N) is 1. The first-order valence-electron chi connectivity index (χ1n) is 20.6. The molecule has 2 rings (SSSR count). The van der Waals surface area contributed by atoms with E-state index in [0.717, 1.165) is 11.1 Å². The summed E-state index contributed by atoms with van der Waals surface area (Å²) in [7, 11) is 0. The summed E-state index contributed by atoms with van der Waals surface area (Å²) in [5.74, 6) is -4.98. The van der Waals surface area contributed by atoms with Crippen LogP contribution in [0.15, 0.2) is 60.7 Å². The molecule has 0 unspecified atom stereocenters. The monoisotopic (exact) mass is 822 g/mol. The largest absolute Gasteiger partial charge is 0.378 e. The molecule has 0 radical (unpaired) electrons. The van der Waals surface area contributed by atoms with Gasteiger partial charge in [0.15, 0.2) is 5.78 Å². The van der Waals surface area contributed by atoms with E-state index in [4.69, 9.17) is 5.73 Å². The number of amides is 6. The van der Waals surface area contributed by atoms with Crippen molar-refractivity contribution < 1.29 is 38.7 Å². The van der Waals surface area contributed by atoms with Crippen molar-refractivity contribution in [3.05, 3.63) is 71.8 Å². The number of ketones is 1. The van der Waals surface area contributed by atoms with Gasteiger partial charge in [-0.25, -0.2) is 0 Å². The number of aliphatic hydroxyl groups excluding tert-OH is 1. The van der Waals surface area contributed by atoms with Gasteiger partial charge >= 0.3 is 0 Å². The van der Waals surface area contributed by atoms with Crippen LogP contribution in [0.1, 0.15) is 92.7 Å². The van der Waals surface area contributed by atoms with E-state index in [0.29, 0.717) is 12.8 Å². The highest BCUT2D eigenvalue weighted by Crippen LogP contribution is 2.14. The van der Waals surface area contributed by atoms with Gasteiger partial charge in [0, 0.05) is 13.3 Å². The van der Waals surface area contributed by atoms with Crippen molar-refractivity contribution in [3.8, 4) is 0 Å². The molecule has 0 aliphatic carbocycles. The summed E-state index contributed by atoms with van der Waals surface area (Å²) < 4.78 is 0. The van der Waals surface area contributed by atoms with E-state index in [1.807, 2.05) is 32.9 Å². The molecule has 0 fully saturated rings. The van der Waals surface area contributed by atoms with Crippen LogP contribution in [0.5, 0.6) is 0 Å². The molecular formula is C44H67N7O8. The third-order valence-electron chi connectivity index (χ3n) is 10.1. The van der Waals surface area contributed by atoms with Crippen LogP contribution in [0.3, 0.4) is 0 Å². The molecule has 9 N–H and O–H groups in total. The molecular weight excluding hydrogens is 755 g/mol. The fourth-order valence-corrected chi connectivity index (χ4v) is 6.56. The van der Waals surface area contributed by atoms with Crippen molar-refractivity contribution in [1.29, 1.82) is 0 Å². The quantitative estimate of drug-likeness (QED) is 0.0684. The standard InChI is InChI=1S/C44H67N7O8/c1-10-28(8)39(44(59)49-37(26(4)5)40(45)55)51-42(57)34(23-31-19-15-12-16-20-31)47-36(54)24-35(53)32(22-30-17-13-11-14-18-30)48-43(58)38(27(6)7)50-41(56)33(21-25(2)3)46-29(9)52/h11-20,25-28,32-34,36-39,47,54H,10,21-24H2,1-9H3,(H2,45,55)(H,46,52)(H,48,58)(H,49,59)(H,50,56)(H,51,57)/t28-,32-,33-,34-,36+,37-,38-,39-/m0/s1. The smallest absolute Gasteiger partial charge is 0.243 e. The van der Waals surface area contributed by atoms with Crippen LogP contribution in [0, 0.1) is 23.7 Å². The van der Waals surface area contributed by atoms with Gasteiger partial charge in [0.2, 0.25) is 35.4 Å². The number of hydrogen-bond acceptors (Lipinski definition) is 9. The van der Waals surface area contributed by atoms with Crippen molar-refractivity contribution in [3.63, 3.8) is 0 Å². The Morgan fingerprint density at radius 3 is 1.51 bits per heavy atom. The van der Waals surface area contributed by atoms with Crippen molar-refractivity contribution in [2.24, 2.45) is 29.4 Å². The maximum atomic E-state index is 14.0. The number of hydrogen-bond donors (Lipinski definition) is 8. The maximum absolute atomic E-state index is 14.0. The number of nitrogens with one attached hydrogen (secondary N) is 6. The van der Waals surface area contributed by atoms with Crippen molar-refractivity contribution in [2.45, 2.75) is 137 Å². The summed E-state index contributed by atoms with van der Waals surface area (Å²) in [6.07, 6.45) is -1.07. The van der Waals surface area contributed by atoms with Gasteiger partial charge in [0.05, 0.1) is 12.1 Å². The van der Waals surface area contributed by atoms with Crippen molar-refractivity contribution in [2.75, 3.05) is 0 Å². The number of aliphatic hydroxyl groups is 1. The third kappa shape index (κ3) is 17.3. The first-order chi connectivity index (χ1) is 27.7. The summed E-state index contributed by atoms with van der Waals surface area (Å²) in [5.41, 5.74) is 7.01. The van der Waals surface area contributed by atoms with Gasteiger partial charge in [-0.2, -0.15) is 0 Å². The summed E-state index contributed by atoms with van der Waals surface area (Å²) in [4.78, 5) is 92.7. The highest BCUT2D eigenvalue weighted by atomic mass is 16.3. The van der Waals surface area contributed by atoms with Gasteiger partial charge in [-0.3, -0.25) is 38.9 Å². The molecule has 2 aromatic carbocycles. The highest BCUT2D eigenvalue weighted by Gasteiger charge is 2.35. The Kier molecular flexibility index (Phi) is 20.9. The number of rotatable bonds is 25. The molecule has 0 heterocycles. The zero-order valence-electron chi connectivity index (χ0n) is 36.0. The molecule has 326 valence electrons. The van der Waals surface area contributed by atoms with E-state index < -0.39 is 90.1 Å².